The number of carbonyl (C=O) groups excluding carboxylic acids is 1. The molecule has 0 bridgehead atoms. The van der Waals surface area contributed by atoms with Gasteiger partial charge in [0.1, 0.15) is 0 Å². The number of ether oxygens (including phenoxy) is 1. The molecule has 0 aliphatic rings. The molecule has 0 atom stereocenters. The Morgan fingerprint density at radius 1 is 1.33 bits per heavy atom. The van der Waals surface area contributed by atoms with Crippen molar-refractivity contribution in [3.05, 3.63) is 40.7 Å². The van der Waals surface area contributed by atoms with E-state index in [0.717, 1.165) is 0 Å². The normalized spacial score (nSPS) is 13.2. The van der Waals surface area contributed by atoms with Gasteiger partial charge in [0, 0.05) is 5.02 Å². The summed E-state index contributed by atoms with van der Waals surface area (Å²) in [4.78, 5) is 11.4. The number of benzene rings is 1. The van der Waals surface area contributed by atoms with Crippen LogP contribution in [0.3, 0.4) is 0 Å². The second kappa shape index (κ2) is 7.07. The van der Waals surface area contributed by atoms with Crippen LogP contribution in [0.4, 0.5) is 18.9 Å². The van der Waals surface area contributed by atoms with Gasteiger partial charge in [-0.2, -0.15) is 18.3 Å². The Balaban J connectivity index is 3.14. The second-order valence-corrected chi connectivity index (χ2v) is 4.03. The molecule has 1 rings (SSSR count). The molecule has 114 valence electrons. The largest absolute Gasteiger partial charge is 0.502 e. The molecule has 0 saturated carbocycles. The highest BCUT2D eigenvalue weighted by Gasteiger charge is 2.39. The zero-order valence-corrected chi connectivity index (χ0v) is 11.4. The van der Waals surface area contributed by atoms with Crippen LogP contribution in [0, 0.1) is 0 Å². The van der Waals surface area contributed by atoms with Crippen molar-refractivity contribution in [2.45, 2.75) is 13.1 Å². The smallest absolute Gasteiger partial charge is 0.451 e. The first-order chi connectivity index (χ1) is 9.75. The number of aliphatic hydroxyl groups excluding tert-OH is 1. The second-order valence-electron chi connectivity index (χ2n) is 3.59. The van der Waals surface area contributed by atoms with E-state index >= 15 is 0 Å². The molecular formula is C12H10ClF3N2O3. The van der Waals surface area contributed by atoms with Gasteiger partial charge in [-0.25, -0.2) is 4.79 Å². The van der Waals surface area contributed by atoms with Crippen LogP contribution in [0.1, 0.15) is 6.92 Å². The zero-order chi connectivity index (χ0) is 16.0. The van der Waals surface area contributed by atoms with Gasteiger partial charge in [-0.1, -0.05) is 11.6 Å². The number of halogens is 4. The molecule has 0 heterocycles. The third-order valence-electron chi connectivity index (χ3n) is 2.05. The van der Waals surface area contributed by atoms with Crippen LogP contribution >= 0.6 is 11.6 Å². The predicted molar refractivity (Wildman–Crippen MR) is 68.3 cm³/mol. The minimum atomic E-state index is -5.14. The number of nitrogens with zero attached hydrogens (tertiary/aromatic N) is 2. The fraction of sp³-hybridized carbons (Fsp3) is 0.250. The molecule has 0 aliphatic carbocycles. The maximum atomic E-state index is 12.4. The molecule has 0 fully saturated rings. The van der Waals surface area contributed by atoms with E-state index in [1.54, 1.807) is 0 Å². The number of aliphatic hydroxyl groups is 1. The van der Waals surface area contributed by atoms with E-state index in [1.807, 2.05) is 0 Å². The molecule has 0 unspecified atom stereocenters. The Labute approximate surface area is 122 Å². The number of allylic oxidation sites excluding steroid dienone is 1. The average Bonchev–Trinajstić information content (AvgIpc) is 2.40. The van der Waals surface area contributed by atoms with Crippen molar-refractivity contribution < 1.29 is 27.8 Å². The summed E-state index contributed by atoms with van der Waals surface area (Å²) in [5, 5.41) is 16.0. The van der Waals surface area contributed by atoms with Crippen LogP contribution in [-0.4, -0.2) is 23.9 Å². The number of azo groups is 1. The maximum absolute atomic E-state index is 12.4. The van der Waals surface area contributed by atoms with Gasteiger partial charge in [-0.15, -0.1) is 5.11 Å². The lowest BCUT2D eigenvalue weighted by Crippen LogP contribution is -2.18. The Hall–Kier alpha value is -2.09. The Bertz CT molecular complexity index is 568. The molecule has 21 heavy (non-hydrogen) atoms. The van der Waals surface area contributed by atoms with Gasteiger partial charge < -0.3 is 9.84 Å². The number of carbonyl (C=O) groups is 1. The Morgan fingerprint density at radius 2 is 1.90 bits per heavy atom. The van der Waals surface area contributed by atoms with Crippen molar-refractivity contribution in [2.24, 2.45) is 10.2 Å². The summed E-state index contributed by atoms with van der Waals surface area (Å²) in [7, 11) is 0. The van der Waals surface area contributed by atoms with Gasteiger partial charge in [0.05, 0.1) is 12.3 Å². The molecule has 0 saturated heterocycles. The first kappa shape index (κ1) is 17.0. The molecule has 0 spiro atoms. The van der Waals surface area contributed by atoms with E-state index in [2.05, 4.69) is 15.0 Å². The zero-order valence-electron chi connectivity index (χ0n) is 10.7. The van der Waals surface area contributed by atoms with Gasteiger partial charge in [0.25, 0.3) is 0 Å². The molecule has 1 N–H and O–H groups in total. The number of esters is 1. The summed E-state index contributed by atoms with van der Waals surface area (Å²) in [6, 6.07) is 5.62. The van der Waals surface area contributed by atoms with Gasteiger partial charge in [0.2, 0.25) is 11.5 Å². The molecule has 9 heteroatoms. The molecule has 1 aromatic rings. The highest BCUT2D eigenvalue weighted by molar-refractivity contribution is 6.30. The molecule has 1 aromatic carbocycles. The number of rotatable bonds is 4. The van der Waals surface area contributed by atoms with E-state index in [9.17, 15) is 18.0 Å². The van der Waals surface area contributed by atoms with Crippen molar-refractivity contribution in [1.82, 2.24) is 0 Å². The summed E-state index contributed by atoms with van der Waals surface area (Å²) in [6.07, 6.45) is -5.14. The molecule has 0 aliphatic heterocycles. The number of hydrogen-bond donors (Lipinski definition) is 1. The summed E-state index contributed by atoms with van der Waals surface area (Å²) >= 11 is 5.63. The van der Waals surface area contributed by atoms with E-state index in [1.165, 1.54) is 31.2 Å². The SMILES string of the molecule is CCOC(=O)C(N=Nc1ccc(Cl)cc1)=C(O)C(F)(F)F. The van der Waals surface area contributed by atoms with Gasteiger partial charge in [0.15, 0.2) is 0 Å². The lowest BCUT2D eigenvalue weighted by molar-refractivity contribution is -0.143. The van der Waals surface area contributed by atoms with Crippen molar-refractivity contribution in [2.75, 3.05) is 6.61 Å². The predicted octanol–water partition coefficient (Wildman–Crippen LogP) is 4.32. The van der Waals surface area contributed by atoms with Gasteiger partial charge in [-0.3, -0.25) is 0 Å². The first-order valence-electron chi connectivity index (χ1n) is 5.60. The lowest BCUT2D eigenvalue weighted by Gasteiger charge is -2.08. The van der Waals surface area contributed by atoms with E-state index in [0.29, 0.717) is 5.02 Å². The van der Waals surface area contributed by atoms with E-state index < -0.39 is 23.6 Å². The number of hydrogen-bond acceptors (Lipinski definition) is 5. The highest BCUT2D eigenvalue weighted by atomic mass is 35.5. The monoisotopic (exact) mass is 322 g/mol. The van der Waals surface area contributed by atoms with Crippen molar-refractivity contribution in [3.63, 3.8) is 0 Å². The molecule has 5 nitrogen and oxygen atoms in total. The van der Waals surface area contributed by atoms with Crippen LogP contribution in [-0.2, 0) is 9.53 Å². The number of alkyl halides is 3. The highest BCUT2D eigenvalue weighted by Crippen LogP contribution is 2.28. The summed E-state index contributed by atoms with van der Waals surface area (Å²) in [5.74, 6) is -3.59. The van der Waals surface area contributed by atoms with Crippen molar-refractivity contribution in [1.29, 1.82) is 0 Å². The maximum Gasteiger partial charge on any atom is 0.451 e. The molecule has 0 aromatic heterocycles. The van der Waals surface area contributed by atoms with Gasteiger partial charge in [-0.05, 0) is 31.2 Å². The summed E-state index contributed by atoms with van der Waals surface area (Å²) < 4.78 is 41.7. The Kier molecular flexibility index (Phi) is 5.71. The van der Waals surface area contributed by atoms with Crippen LogP contribution in [0.25, 0.3) is 0 Å². The average molecular weight is 323 g/mol. The molecule has 0 amide bonds. The van der Waals surface area contributed by atoms with Gasteiger partial charge >= 0.3 is 12.1 Å². The van der Waals surface area contributed by atoms with Crippen LogP contribution in [0.2, 0.25) is 5.02 Å². The molecular weight excluding hydrogens is 313 g/mol. The molecule has 0 radical (unpaired) electrons. The van der Waals surface area contributed by atoms with Crippen LogP contribution in [0.15, 0.2) is 46.0 Å². The summed E-state index contributed by atoms with van der Waals surface area (Å²) in [5.41, 5.74) is -1.17. The third-order valence-corrected chi connectivity index (χ3v) is 2.31. The van der Waals surface area contributed by atoms with Crippen molar-refractivity contribution >= 4 is 23.3 Å². The van der Waals surface area contributed by atoms with E-state index in [-0.39, 0.29) is 12.3 Å². The minimum Gasteiger partial charge on any atom is -0.502 e. The third kappa shape index (κ3) is 5.07. The summed E-state index contributed by atoms with van der Waals surface area (Å²) in [6.45, 7) is 1.22. The Morgan fingerprint density at radius 3 is 2.38 bits per heavy atom. The quantitative estimate of drug-likeness (QED) is 0.388. The minimum absolute atomic E-state index is 0.149. The topological polar surface area (TPSA) is 71.2 Å². The van der Waals surface area contributed by atoms with Crippen molar-refractivity contribution in [3.8, 4) is 0 Å². The standard InChI is InChI=1S/C12H10ClF3N2O3/c1-2-21-11(20)9(10(19)12(14,15)16)18-17-8-5-3-7(13)4-6-8/h3-6,19H,2H2,1H3. The first-order valence-corrected chi connectivity index (χ1v) is 5.98. The van der Waals surface area contributed by atoms with Crippen LogP contribution < -0.4 is 0 Å². The van der Waals surface area contributed by atoms with E-state index in [4.69, 9.17) is 16.7 Å². The fourth-order valence-corrected chi connectivity index (χ4v) is 1.26. The fourth-order valence-electron chi connectivity index (χ4n) is 1.13. The lowest BCUT2D eigenvalue weighted by atomic mass is 10.3. The van der Waals surface area contributed by atoms with Crippen LogP contribution in [0.5, 0.6) is 0 Å².